The summed E-state index contributed by atoms with van der Waals surface area (Å²) < 4.78 is 0. The lowest BCUT2D eigenvalue weighted by Gasteiger charge is -2.17. The second kappa shape index (κ2) is 5.08. The fourth-order valence-electron chi connectivity index (χ4n) is 5.38. The van der Waals surface area contributed by atoms with Gasteiger partial charge < -0.3 is 10.4 Å². The van der Waals surface area contributed by atoms with Crippen molar-refractivity contribution in [1.29, 1.82) is 0 Å². The average molecular weight is 313 g/mol. The van der Waals surface area contributed by atoms with E-state index in [0.717, 1.165) is 11.1 Å². The van der Waals surface area contributed by atoms with E-state index in [0.29, 0.717) is 29.2 Å². The molecule has 3 saturated carbocycles. The van der Waals surface area contributed by atoms with E-state index >= 15 is 0 Å². The molecule has 4 heteroatoms. The van der Waals surface area contributed by atoms with Crippen molar-refractivity contribution >= 4 is 11.9 Å². The molecule has 1 amide bonds. The van der Waals surface area contributed by atoms with Crippen molar-refractivity contribution in [3.63, 3.8) is 0 Å². The first-order valence-corrected chi connectivity index (χ1v) is 8.57. The van der Waals surface area contributed by atoms with Crippen molar-refractivity contribution < 1.29 is 14.7 Å². The Morgan fingerprint density at radius 1 is 1.09 bits per heavy atom. The fourth-order valence-corrected chi connectivity index (χ4v) is 5.38. The Balaban J connectivity index is 1.51. The van der Waals surface area contributed by atoms with Crippen LogP contribution in [0.4, 0.5) is 0 Å². The molecule has 3 aliphatic carbocycles. The number of fused-ring (bicyclic) bond motifs is 5. The van der Waals surface area contributed by atoms with E-state index in [1.165, 1.54) is 19.3 Å². The Labute approximate surface area is 136 Å². The molecule has 0 radical (unpaired) electrons. The predicted molar refractivity (Wildman–Crippen MR) is 85.7 cm³/mol. The maximum Gasteiger partial charge on any atom is 0.330 e. The molecule has 4 rings (SSSR count). The van der Waals surface area contributed by atoms with Gasteiger partial charge in [-0.25, -0.2) is 4.79 Å². The van der Waals surface area contributed by atoms with E-state index in [-0.39, 0.29) is 11.8 Å². The van der Waals surface area contributed by atoms with Crippen LogP contribution in [0.15, 0.2) is 18.2 Å². The van der Waals surface area contributed by atoms with Crippen LogP contribution < -0.4 is 5.32 Å². The highest BCUT2D eigenvalue weighted by molar-refractivity contribution is 5.88. The van der Waals surface area contributed by atoms with Gasteiger partial charge in [-0.3, -0.25) is 4.79 Å². The summed E-state index contributed by atoms with van der Waals surface area (Å²) >= 11 is 0. The molecule has 0 heterocycles. The minimum Gasteiger partial charge on any atom is -0.479 e. The first kappa shape index (κ1) is 14.7. The van der Waals surface area contributed by atoms with Gasteiger partial charge in [-0.05, 0) is 62.3 Å². The zero-order valence-electron chi connectivity index (χ0n) is 13.6. The van der Waals surface area contributed by atoms with Gasteiger partial charge in [0.15, 0.2) is 6.04 Å². The van der Waals surface area contributed by atoms with Gasteiger partial charge in [0.2, 0.25) is 5.91 Å². The Hall–Kier alpha value is -1.84. The van der Waals surface area contributed by atoms with E-state index in [9.17, 15) is 14.7 Å². The SMILES string of the molecule is Cc1cc(C)cc(C(NC(=O)C2C3C4CCC(C4)C23)C(=O)O)c1. The Morgan fingerprint density at radius 2 is 1.65 bits per heavy atom. The zero-order chi connectivity index (χ0) is 16.3. The van der Waals surface area contributed by atoms with Gasteiger partial charge in [-0.2, -0.15) is 0 Å². The monoisotopic (exact) mass is 313 g/mol. The standard InChI is InChI=1S/C19H23NO3/c1-9-5-10(2)7-13(6-9)17(19(22)23)20-18(21)16-14-11-3-4-12(8-11)15(14)16/h5-7,11-12,14-17H,3-4,8H2,1-2H3,(H,20,21)(H,22,23). The second-order valence-corrected chi connectivity index (χ2v) is 7.71. The van der Waals surface area contributed by atoms with Crippen molar-refractivity contribution in [2.45, 2.75) is 39.2 Å². The molecule has 0 aliphatic heterocycles. The zero-order valence-corrected chi connectivity index (χ0v) is 13.6. The van der Waals surface area contributed by atoms with Crippen LogP contribution in [0.25, 0.3) is 0 Å². The Morgan fingerprint density at radius 3 is 2.17 bits per heavy atom. The van der Waals surface area contributed by atoms with Crippen LogP contribution in [0.5, 0.6) is 0 Å². The average Bonchev–Trinajstić information content (AvgIpc) is 2.91. The van der Waals surface area contributed by atoms with Crippen LogP contribution in [0.1, 0.15) is 42.0 Å². The number of aliphatic carboxylic acids is 1. The van der Waals surface area contributed by atoms with Crippen LogP contribution >= 0.6 is 0 Å². The van der Waals surface area contributed by atoms with Gasteiger partial charge >= 0.3 is 5.97 Å². The molecule has 0 aromatic heterocycles. The molecule has 5 unspecified atom stereocenters. The van der Waals surface area contributed by atoms with E-state index in [2.05, 4.69) is 5.32 Å². The molecule has 23 heavy (non-hydrogen) atoms. The smallest absolute Gasteiger partial charge is 0.330 e. The minimum atomic E-state index is -0.989. The first-order valence-electron chi connectivity index (χ1n) is 8.57. The first-order chi connectivity index (χ1) is 11.0. The van der Waals surface area contributed by atoms with Crippen LogP contribution in [0, 0.1) is 43.4 Å². The van der Waals surface area contributed by atoms with E-state index < -0.39 is 12.0 Å². The number of amides is 1. The maximum atomic E-state index is 12.6. The largest absolute Gasteiger partial charge is 0.479 e. The van der Waals surface area contributed by atoms with Gasteiger partial charge in [0, 0.05) is 5.92 Å². The van der Waals surface area contributed by atoms with Gasteiger partial charge in [-0.15, -0.1) is 0 Å². The van der Waals surface area contributed by atoms with Crippen molar-refractivity contribution in [3.8, 4) is 0 Å². The lowest BCUT2D eigenvalue weighted by Crippen LogP contribution is -2.36. The van der Waals surface area contributed by atoms with Crippen molar-refractivity contribution in [2.75, 3.05) is 0 Å². The number of aryl methyl sites for hydroxylation is 2. The van der Waals surface area contributed by atoms with E-state index in [4.69, 9.17) is 0 Å². The third-order valence-corrected chi connectivity index (χ3v) is 6.15. The van der Waals surface area contributed by atoms with E-state index in [1.807, 2.05) is 32.0 Å². The Bertz CT molecular complexity index is 647. The quantitative estimate of drug-likeness (QED) is 0.898. The number of hydrogen-bond acceptors (Lipinski definition) is 2. The van der Waals surface area contributed by atoms with Gasteiger partial charge in [-0.1, -0.05) is 29.3 Å². The highest BCUT2D eigenvalue weighted by atomic mass is 16.4. The van der Waals surface area contributed by atoms with Crippen molar-refractivity contribution in [2.24, 2.45) is 29.6 Å². The molecule has 1 aromatic rings. The van der Waals surface area contributed by atoms with Crippen molar-refractivity contribution in [1.82, 2.24) is 5.32 Å². The number of carboxylic acid groups (broad SMARTS) is 1. The summed E-state index contributed by atoms with van der Waals surface area (Å²) in [4.78, 5) is 24.3. The molecule has 3 fully saturated rings. The topological polar surface area (TPSA) is 66.4 Å². The molecule has 2 N–H and O–H groups in total. The maximum absolute atomic E-state index is 12.6. The molecular formula is C19H23NO3. The lowest BCUT2D eigenvalue weighted by molar-refractivity contribution is -0.142. The number of rotatable bonds is 4. The normalized spacial score (nSPS) is 34.8. The van der Waals surface area contributed by atoms with Crippen LogP contribution in [-0.2, 0) is 9.59 Å². The fraction of sp³-hybridized carbons (Fsp3) is 0.579. The number of hydrogen-bond donors (Lipinski definition) is 2. The number of carbonyl (C=O) groups is 2. The van der Waals surface area contributed by atoms with E-state index in [1.54, 1.807) is 0 Å². The summed E-state index contributed by atoms with van der Waals surface area (Å²) in [7, 11) is 0. The van der Waals surface area contributed by atoms with Gasteiger partial charge in [0.1, 0.15) is 0 Å². The lowest BCUT2D eigenvalue weighted by atomic mass is 9.99. The molecule has 0 saturated heterocycles. The molecule has 2 bridgehead atoms. The summed E-state index contributed by atoms with van der Waals surface area (Å²) in [6, 6.07) is 4.76. The van der Waals surface area contributed by atoms with Gasteiger partial charge in [0.25, 0.3) is 0 Å². The molecular weight excluding hydrogens is 290 g/mol. The van der Waals surface area contributed by atoms with Crippen LogP contribution in [-0.4, -0.2) is 17.0 Å². The summed E-state index contributed by atoms with van der Waals surface area (Å²) in [5.74, 6) is 1.51. The summed E-state index contributed by atoms with van der Waals surface area (Å²) in [6.45, 7) is 3.89. The third-order valence-electron chi connectivity index (χ3n) is 6.15. The van der Waals surface area contributed by atoms with Crippen LogP contribution in [0.3, 0.4) is 0 Å². The van der Waals surface area contributed by atoms with Crippen molar-refractivity contribution in [3.05, 3.63) is 34.9 Å². The summed E-state index contributed by atoms with van der Waals surface area (Å²) in [5, 5.41) is 12.4. The highest BCUT2D eigenvalue weighted by Crippen LogP contribution is 2.69. The molecule has 3 aliphatic rings. The molecule has 0 spiro atoms. The second-order valence-electron chi connectivity index (χ2n) is 7.71. The molecule has 4 nitrogen and oxygen atoms in total. The molecule has 1 aromatic carbocycles. The minimum absolute atomic E-state index is 0.0526. The van der Waals surface area contributed by atoms with Crippen LogP contribution in [0.2, 0.25) is 0 Å². The molecule has 122 valence electrons. The number of benzene rings is 1. The number of nitrogens with one attached hydrogen (secondary N) is 1. The number of carbonyl (C=O) groups excluding carboxylic acids is 1. The summed E-state index contributed by atoms with van der Waals surface area (Å²) in [5.41, 5.74) is 2.70. The van der Waals surface area contributed by atoms with Gasteiger partial charge in [0.05, 0.1) is 0 Å². The Kier molecular flexibility index (Phi) is 3.26. The predicted octanol–water partition coefficient (Wildman–Crippen LogP) is 2.84. The number of carboxylic acids is 1. The third kappa shape index (κ3) is 2.35. The highest BCUT2D eigenvalue weighted by Gasteiger charge is 2.67. The summed E-state index contributed by atoms with van der Waals surface area (Å²) in [6.07, 6.45) is 3.81. The molecule has 5 atom stereocenters.